The molecular formula is C26H31NOSi-. The van der Waals surface area contributed by atoms with E-state index in [1.807, 2.05) is 6.20 Å². The van der Waals surface area contributed by atoms with E-state index in [9.17, 15) is 5.11 Å². The minimum atomic E-state index is -1.39. The van der Waals surface area contributed by atoms with E-state index < -0.39 is 8.07 Å². The van der Waals surface area contributed by atoms with Gasteiger partial charge in [-0.05, 0) is 57.9 Å². The second-order valence-corrected chi connectivity index (χ2v) is 14.3. The summed E-state index contributed by atoms with van der Waals surface area (Å²) in [4.78, 5) is 4.79. The molecule has 4 rings (SSSR count). The fraction of sp³-hybridized carbons (Fsp3) is 0.346. The molecule has 1 aliphatic rings. The van der Waals surface area contributed by atoms with Crippen LogP contribution in [0, 0.1) is 0 Å². The van der Waals surface area contributed by atoms with Gasteiger partial charge in [-0.25, -0.2) is 0 Å². The molecule has 3 aromatic rings. The Hall–Kier alpha value is -2.23. The quantitative estimate of drug-likeness (QED) is 0.542. The number of hydrogen-bond acceptors (Lipinski definition) is 2. The van der Waals surface area contributed by atoms with Crippen molar-refractivity contribution in [2.45, 2.75) is 58.4 Å². The minimum absolute atomic E-state index is 0.0115. The van der Waals surface area contributed by atoms with Gasteiger partial charge in [0.25, 0.3) is 0 Å². The summed E-state index contributed by atoms with van der Waals surface area (Å²) in [6.45, 7) is 11.7. The van der Waals surface area contributed by atoms with Crippen molar-refractivity contribution >= 4 is 13.4 Å². The zero-order valence-corrected chi connectivity index (χ0v) is 19.2. The third-order valence-electron chi connectivity index (χ3n) is 6.68. The second-order valence-electron chi connectivity index (χ2n) is 9.27. The number of nitrogens with zero attached hydrogens (tertiary/aromatic N) is 1. The maximum Gasteiger partial charge on any atom is 0.0681 e. The van der Waals surface area contributed by atoms with Crippen LogP contribution in [0.4, 0.5) is 0 Å². The highest BCUT2D eigenvalue weighted by Gasteiger charge is 2.40. The van der Waals surface area contributed by atoms with Crippen LogP contribution in [0.5, 0.6) is 0 Å². The zero-order valence-electron chi connectivity index (χ0n) is 18.2. The molecule has 2 nitrogen and oxygen atoms in total. The second kappa shape index (κ2) is 7.23. The van der Waals surface area contributed by atoms with E-state index in [0.717, 1.165) is 18.4 Å². The lowest BCUT2D eigenvalue weighted by Crippen LogP contribution is -2.39. The molecule has 3 heteroatoms. The van der Waals surface area contributed by atoms with Gasteiger partial charge in [0.1, 0.15) is 0 Å². The zero-order chi connectivity index (χ0) is 20.8. The molecule has 151 valence electrons. The Labute approximate surface area is 175 Å². The molecule has 1 N–H and O–H groups in total. The van der Waals surface area contributed by atoms with E-state index in [2.05, 4.69) is 82.0 Å². The first-order chi connectivity index (χ1) is 13.8. The van der Waals surface area contributed by atoms with Crippen molar-refractivity contribution in [2.24, 2.45) is 0 Å². The van der Waals surface area contributed by atoms with Gasteiger partial charge in [0, 0.05) is 11.6 Å². The van der Waals surface area contributed by atoms with Gasteiger partial charge in [-0.3, -0.25) is 4.98 Å². The molecule has 0 amide bonds. The van der Waals surface area contributed by atoms with Crippen molar-refractivity contribution in [3.8, 4) is 22.3 Å². The first kappa shape index (κ1) is 20.1. The molecule has 0 saturated heterocycles. The van der Waals surface area contributed by atoms with Crippen LogP contribution >= 0.6 is 0 Å². The van der Waals surface area contributed by atoms with Crippen LogP contribution in [-0.4, -0.2) is 18.2 Å². The molecule has 0 atom stereocenters. The number of aliphatic hydroxyl groups is 1. The summed E-state index contributed by atoms with van der Waals surface area (Å²) in [6, 6.07) is 17.8. The molecule has 0 spiro atoms. The van der Waals surface area contributed by atoms with Gasteiger partial charge in [-0.1, -0.05) is 69.7 Å². The van der Waals surface area contributed by atoms with Gasteiger partial charge in [0.05, 0.1) is 6.61 Å². The molecule has 0 radical (unpaired) electrons. The van der Waals surface area contributed by atoms with Crippen LogP contribution in [0.3, 0.4) is 0 Å². The number of fused-ring (bicyclic) bond motifs is 3. The minimum Gasteiger partial charge on any atom is -0.392 e. The van der Waals surface area contributed by atoms with E-state index in [1.54, 1.807) is 0 Å². The Morgan fingerprint density at radius 3 is 2.00 bits per heavy atom. The molecule has 0 bridgehead atoms. The molecule has 0 saturated carbocycles. The molecular weight excluding hydrogens is 370 g/mol. The number of pyridine rings is 1. The average Bonchev–Trinajstić information content (AvgIpc) is 3.01. The Bertz CT molecular complexity index is 1040. The predicted octanol–water partition coefficient (Wildman–Crippen LogP) is 5.87. The highest BCUT2D eigenvalue weighted by molar-refractivity contribution is 6.88. The maximum absolute atomic E-state index is 9.67. The van der Waals surface area contributed by atoms with Crippen molar-refractivity contribution in [3.63, 3.8) is 0 Å². The third-order valence-corrected chi connectivity index (χ3v) is 8.51. The van der Waals surface area contributed by atoms with E-state index in [0.29, 0.717) is 0 Å². The van der Waals surface area contributed by atoms with Gasteiger partial charge >= 0.3 is 0 Å². The summed E-state index contributed by atoms with van der Waals surface area (Å²) in [5, 5.41) is 10.9. The summed E-state index contributed by atoms with van der Waals surface area (Å²) in [6.07, 6.45) is 4.14. The summed E-state index contributed by atoms with van der Waals surface area (Å²) >= 11 is 0. The van der Waals surface area contributed by atoms with Crippen LogP contribution in [0.2, 0.25) is 19.6 Å². The summed E-state index contributed by atoms with van der Waals surface area (Å²) in [7, 11) is -1.39. The van der Waals surface area contributed by atoms with Crippen LogP contribution < -0.4 is 5.32 Å². The topological polar surface area (TPSA) is 33.1 Å². The van der Waals surface area contributed by atoms with E-state index in [1.165, 1.54) is 38.7 Å². The Balaban J connectivity index is 1.84. The van der Waals surface area contributed by atoms with Crippen LogP contribution in [0.25, 0.3) is 22.3 Å². The molecule has 1 aliphatic carbocycles. The normalized spacial score (nSPS) is 14.6. The summed E-state index contributed by atoms with van der Waals surface area (Å²) in [5.41, 5.74) is 8.87. The van der Waals surface area contributed by atoms with Gasteiger partial charge in [-0.15, -0.1) is 0 Å². The lowest BCUT2D eigenvalue weighted by atomic mass is 9.73. The molecule has 2 aromatic carbocycles. The standard InChI is InChI=1S/C26H31NOSi/c1-6-26(7-2)23-14-18(17-28)8-11-21(23)22-12-9-19(15-24(22)26)20-10-13-25(27-16-20)29(3,4)5/h8-16,28H,6-7,17H2,1-5H3/q-1. The fourth-order valence-electron chi connectivity index (χ4n) is 4.84. The number of hydrogen-bond donors (Lipinski definition) is 1. The van der Waals surface area contributed by atoms with Gasteiger partial charge < -0.3 is 5.11 Å². The van der Waals surface area contributed by atoms with Crippen LogP contribution in [-0.2, 0) is 12.0 Å². The summed E-state index contributed by atoms with van der Waals surface area (Å²) in [5.74, 6) is 0. The highest BCUT2D eigenvalue weighted by Crippen LogP contribution is 2.53. The molecule has 1 heterocycles. The number of benzene rings is 2. The van der Waals surface area contributed by atoms with E-state index in [-0.39, 0.29) is 12.0 Å². The predicted molar refractivity (Wildman–Crippen MR) is 125 cm³/mol. The number of rotatable bonds is 5. The number of aliphatic hydroxyl groups excluding tert-OH is 1. The van der Waals surface area contributed by atoms with Crippen molar-refractivity contribution in [3.05, 3.63) is 71.4 Å². The van der Waals surface area contributed by atoms with Crippen molar-refractivity contribution in [2.75, 3.05) is 0 Å². The fourth-order valence-corrected chi connectivity index (χ4v) is 5.88. The monoisotopic (exact) mass is 401 g/mol. The smallest absolute Gasteiger partial charge is 0.0681 e. The highest BCUT2D eigenvalue weighted by atomic mass is 28.3. The Kier molecular flexibility index (Phi) is 5.00. The molecule has 29 heavy (non-hydrogen) atoms. The molecule has 0 unspecified atom stereocenters. The summed E-state index contributed by atoms with van der Waals surface area (Å²) < 4.78 is 0. The Morgan fingerprint density at radius 2 is 1.45 bits per heavy atom. The average molecular weight is 402 g/mol. The van der Waals surface area contributed by atoms with Gasteiger partial charge in [-0.2, -0.15) is 19.6 Å². The van der Waals surface area contributed by atoms with Crippen molar-refractivity contribution < 1.29 is 5.11 Å². The lowest BCUT2D eigenvalue weighted by Gasteiger charge is -2.30. The van der Waals surface area contributed by atoms with E-state index in [4.69, 9.17) is 4.98 Å². The molecule has 0 fully saturated rings. The van der Waals surface area contributed by atoms with Crippen molar-refractivity contribution in [1.82, 2.24) is 4.98 Å². The first-order valence-electron chi connectivity index (χ1n) is 10.7. The van der Waals surface area contributed by atoms with Crippen molar-refractivity contribution in [1.29, 1.82) is 0 Å². The Morgan fingerprint density at radius 1 is 0.828 bits per heavy atom. The van der Waals surface area contributed by atoms with E-state index >= 15 is 0 Å². The third kappa shape index (κ3) is 3.17. The SMILES string of the molecule is CCC1(CC)c2cc(CO)ccc2-c2ccc(-c3ccc([Si-](C)(C)C)nc3)cc21. The van der Waals surface area contributed by atoms with Gasteiger partial charge in [0.15, 0.2) is 0 Å². The number of aromatic nitrogens is 1. The lowest BCUT2D eigenvalue weighted by molar-refractivity contribution is 0.281. The largest absolute Gasteiger partial charge is 0.392 e. The maximum atomic E-state index is 9.67. The first-order valence-corrected chi connectivity index (χ1v) is 14.2. The van der Waals surface area contributed by atoms with Crippen LogP contribution in [0.1, 0.15) is 43.4 Å². The van der Waals surface area contributed by atoms with Gasteiger partial charge in [0.2, 0.25) is 0 Å². The van der Waals surface area contributed by atoms with Crippen LogP contribution in [0.15, 0.2) is 54.7 Å². The molecule has 0 aliphatic heterocycles. The molecule has 1 aromatic heterocycles.